The Bertz CT molecular complexity index is 534. The largest absolute Gasteiger partial charge is 0.347 e. The number of carbonyl (C=O) groups is 2. The maximum atomic E-state index is 14.0. The molecule has 0 heterocycles. The van der Waals surface area contributed by atoms with E-state index in [1.807, 2.05) is 13.8 Å². The smallest absolute Gasteiger partial charge is 0.242 e. The molecule has 0 aromatic heterocycles. The maximum absolute atomic E-state index is 14.0. The van der Waals surface area contributed by atoms with Gasteiger partial charge in [0, 0.05) is 17.5 Å². The van der Waals surface area contributed by atoms with Gasteiger partial charge < -0.3 is 10.6 Å². The van der Waals surface area contributed by atoms with Crippen molar-refractivity contribution in [1.29, 1.82) is 0 Å². The van der Waals surface area contributed by atoms with E-state index in [9.17, 15) is 14.0 Å². The Kier molecular flexibility index (Phi) is 6.15. The molecule has 116 valence electrons. The van der Waals surface area contributed by atoms with Crippen molar-refractivity contribution in [2.75, 3.05) is 0 Å². The number of rotatable bonds is 5. The lowest BCUT2D eigenvalue weighted by Crippen LogP contribution is -2.46. The molecule has 1 rings (SSSR count). The Balaban J connectivity index is 2.93. The van der Waals surface area contributed by atoms with E-state index in [4.69, 9.17) is 11.6 Å². The lowest BCUT2D eigenvalue weighted by molar-refractivity contribution is -0.128. The molecule has 0 aliphatic heterocycles. The molecule has 0 unspecified atom stereocenters. The first-order chi connectivity index (χ1) is 9.72. The van der Waals surface area contributed by atoms with Gasteiger partial charge in [0.15, 0.2) is 0 Å². The van der Waals surface area contributed by atoms with Crippen LogP contribution in [0.25, 0.3) is 0 Å². The second-order valence-electron chi connectivity index (χ2n) is 5.32. The molecule has 0 bridgehead atoms. The fourth-order valence-electron chi connectivity index (χ4n) is 2.01. The zero-order valence-corrected chi connectivity index (χ0v) is 13.3. The predicted octanol–water partition coefficient (Wildman–Crippen LogP) is 2.82. The third-order valence-electron chi connectivity index (χ3n) is 3.08. The molecule has 2 N–H and O–H groups in total. The van der Waals surface area contributed by atoms with Crippen molar-refractivity contribution < 1.29 is 14.0 Å². The molecule has 4 nitrogen and oxygen atoms in total. The molecule has 0 saturated heterocycles. The van der Waals surface area contributed by atoms with Gasteiger partial charge in [0.1, 0.15) is 11.9 Å². The number of hydrogen-bond donors (Lipinski definition) is 2. The van der Waals surface area contributed by atoms with Gasteiger partial charge in [0.2, 0.25) is 11.8 Å². The molecule has 0 saturated carbocycles. The van der Waals surface area contributed by atoms with Crippen LogP contribution in [0.3, 0.4) is 0 Å². The van der Waals surface area contributed by atoms with Crippen molar-refractivity contribution in [3.8, 4) is 0 Å². The molecule has 0 radical (unpaired) electrons. The molecule has 0 aliphatic rings. The zero-order valence-electron chi connectivity index (χ0n) is 12.5. The van der Waals surface area contributed by atoms with E-state index in [1.54, 1.807) is 19.1 Å². The number of halogens is 2. The summed E-state index contributed by atoms with van der Waals surface area (Å²) in [6, 6.07) is 3.19. The van der Waals surface area contributed by atoms with E-state index in [-0.39, 0.29) is 17.7 Å². The minimum Gasteiger partial charge on any atom is -0.347 e. The van der Waals surface area contributed by atoms with Crippen LogP contribution in [0, 0.1) is 11.7 Å². The lowest BCUT2D eigenvalue weighted by Gasteiger charge is -2.25. The van der Waals surface area contributed by atoms with Gasteiger partial charge in [-0.05, 0) is 25.0 Å². The molecule has 2 amide bonds. The molecule has 0 spiro atoms. The monoisotopic (exact) mass is 314 g/mol. The summed E-state index contributed by atoms with van der Waals surface area (Å²) in [5.74, 6) is -1.14. The molecule has 1 aromatic rings. The van der Waals surface area contributed by atoms with Crippen LogP contribution in [0.4, 0.5) is 4.39 Å². The average molecular weight is 315 g/mol. The Labute approximate surface area is 129 Å². The van der Waals surface area contributed by atoms with Gasteiger partial charge in [-0.15, -0.1) is 0 Å². The summed E-state index contributed by atoms with van der Waals surface area (Å²) < 4.78 is 14.0. The van der Waals surface area contributed by atoms with Crippen molar-refractivity contribution in [2.45, 2.75) is 39.8 Å². The zero-order chi connectivity index (χ0) is 16.2. The molecule has 0 aliphatic carbocycles. The Morgan fingerprint density at radius 1 is 1.19 bits per heavy atom. The van der Waals surface area contributed by atoms with Crippen molar-refractivity contribution in [2.24, 2.45) is 5.92 Å². The highest BCUT2D eigenvalue weighted by molar-refractivity contribution is 6.30. The Morgan fingerprint density at radius 2 is 1.81 bits per heavy atom. The normalized spacial score (nSPS) is 13.7. The Morgan fingerprint density at radius 3 is 2.29 bits per heavy atom. The van der Waals surface area contributed by atoms with E-state index >= 15 is 0 Å². The number of nitrogens with one attached hydrogen (secondary N) is 2. The summed E-state index contributed by atoms with van der Waals surface area (Å²) >= 11 is 5.74. The van der Waals surface area contributed by atoms with Crippen LogP contribution in [0.1, 0.15) is 39.3 Å². The van der Waals surface area contributed by atoms with Crippen molar-refractivity contribution in [1.82, 2.24) is 10.6 Å². The third kappa shape index (κ3) is 5.01. The fraction of sp³-hybridized carbons (Fsp3) is 0.467. The first kappa shape index (κ1) is 17.4. The van der Waals surface area contributed by atoms with E-state index in [2.05, 4.69) is 10.6 Å². The van der Waals surface area contributed by atoms with E-state index in [1.165, 1.54) is 13.0 Å². The Hall–Kier alpha value is -1.62. The second kappa shape index (κ2) is 7.41. The maximum Gasteiger partial charge on any atom is 0.242 e. The third-order valence-corrected chi connectivity index (χ3v) is 3.31. The van der Waals surface area contributed by atoms with Crippen LogP contribution in [0.15, 0.2) is 18.2 Å². The SMILES string of the molecule is CC(=O)N[C@@H](C)C(=O)N[C@@H](c1ccc(Cl)cc1F)C(C)C. The standard InChI is InChI=1S/C15H20ClFN2O2/c1-8(2)14(12-6-5-11(16)7-13(12)17)19-15(21)9(3)18-10(4)20/h5-9,14H,1-4H3,(H,18,20)(H,19,21)/t9-,14+/m0/s1. The van der Waals surface area contributed by atoms with Crippen LogP contribution < -0.4 is 10.6 Å². The first-order valence-corrected chi connectivity index (χ1v) is 7.12. The second-order valence-corrected chi connectivity index (χ2v) is 5.75. The number of benzene rings is 1. The van der Waals surface area contributed by atoms with Gasteiger partial charge in [0.05, 0.1) is 6.04 Å². The van der Waals surface area contributed by atoms with Crippen LogP contribution in [-0.4, -0.2) is 17.9 Å². The highest BCUT2D eigenvalue weighted by Gasteiger charge is 2.24. The molecule has 2 atom stereocenters. The number of carbonyl (C=O) groups excluding carboxylic acids is 2. The van der Waals surface area contributed by atoms with Crippen LogP contribution in [-0.2, 0) is 9.59 Å². The van der Waals surface area contributed by atoms with E-state index < -0.39 is 17.9 Å². The molecular weight excluding hydrogens is 295 g/mol. The number of hydrogen-bond acceptors (Lipinski definition) is 2. The summed E-state index contributed by atoms with van der Waals surface area (Å²) in [4.78, 5) is 23.0. The molecule has 0 fully saturated rings. The number of amides is 2. The van der Waals surface area contributed by atoms with Crippen LogP contribution in [0.2, 0.25) is 5.02 Å². The summed E-state index contributed by atoms with van der Waals surface area (Å²) in [5.41, 5.74) is 0.373. The van der Waals surface area contributed by atoms with Gasteiger partial charge in [-0.2, -0.15) is 0 Å². The van der Waals surface area contributed by atoms with Crippen LogP contribution >= 0.6 is 11.6 Å². The van der Waals surface area contributed by atoms with Gasteiger partial charge in [0.25, 0.3) is 0 Å². The minimum atomic E-state index is -0.681. The highest BCUT2D eigenvalue weighted by Crippen LogP contribution is 2.26. The fourth-order valence-corrected chi connectivity index (χ4v) is 2.16. The topological polar surface area (TPSA) is 58.2 Å². The minimum absolute atomic E-state index is 0.0193. The van der Waals surface area contributed by atoms with Gasteiger partial charge >= 0.3 is 0 Å². The summed E-state index contributed by atoms with van der Waals surface area (Å²) in [6.45, 7) is 6.67. The first-order valence-electron chi connectivity index (χ1n) is 6.74. The molecule has 1 aromatic carbocycles. The lowest BCUT2D eigenvalue weighted by atomic mass is 9.95. The molecule has 6 heteroatoms. The van der Waals surface area contributed by atoms with Gasteiger partial charge in [-0.1, -0.05) is 31.5 Å². The van der Waals surface area contributed by atoms with E-state index in [0.717, 1.165) is 0 Å². The quantitative estimate of drug-likeness (QED) is 0.878. The van der Waals surface area contributed by atoms with Crippen LogP contribution in [0.5, 0.6) is 0 Å². The highest BCUT2D eigenvalue weighted by atomic mass is 35.5. The van der Waals surface area contributed by atoms with Crippen molar-refractivity contribution in [3.05, 3.63) is 34.6 Å². The molecular formula is C15H20ClFN2O2. The van der Waals surface area contributed by atoms with Gasteiger partial charge in [-0.3, -0.25) is 9.59 Å². The van der Waals surface area contributed by atoms with Crippen molar-refractivity contribution >= 4 is 23.4 Å². The van der Waals surface area contributed by atoms with Crippen molar-refractivity contribution in [3.63, 3.8) is 0 Å². The summed E-state index contributed by atoms with van der Waals surface area (Å²) in [7, 11) is 0. The average Bonchev–Trinajstić information content (AvgIpc) is 2.35. The molecule has 21 heavy (non-hydrogen) atoms. The van der Waals surface area contributed by atoms with E-state index in [0.29, 0.717) is 10.6 Å². The van der Waals surface area contributed by atoms with Gasteiger partial charge in [-0.25, -0.2) is 4.39 Å². The summed E-state index contributed by atoms with van der Waals surface area (Å²) in [5, 5.41) is 5.56. The summed E-state index contributed by atoms with van der Waals surface area (Å²) in [6.07, 6.45) is 0. The predicted molar refractivity (Wildman–Crippen MR) is 80.4 cm³/mol.